The predicted molar refractivity (Wildman–Crippen MR) is 76.9 cm³/mol. The van der Waals surface area contributed by atoms with Crippen molar-refractivity contribution in [2.75, 3.05) is 6.61 Å². The molecule has 0 unspecified atom stereocenters. The molecule has 0 aliphatic rings. The fourth-order valence-electron chi connectivity index (χ4n) is 1.24. The van der Waals surface area contributed by atoms with Crippen molar-refractivity contribution >= 4 is 46.9 Å². The molecule has 0 saturated heterocycles. The number of aliphatic hydroxyl groups excluding tert-OH is 1. The van der Waals surface area contributed by atoms with Crippen molar-refractivity contribution in [3.8, 4) is 0 Å². The minimum atomic E-state index is -1.74. The Morgan fingerprint density at radius 3 is 2.24 bits per heavy atom. The minimum absolute atomic E-state index is 0.0591. The molecule has 2 N–H and O–H groups in total. The Bertz CT molecular complexity index is 487. The summed E-state index contributed by atoms with van der Waals surface area (Å²) < 4.78 is 2.75. The predicted octanol–water partition coefficient (Wildman–Crippen LogP) is 2.28. The summed E-state index contributed by atoms with van der Waals surface area (Å²) in [6.07, 6.45) is -1.11. The molecule has 9 heteroatoms. The van der Waals surface area contributed by atoms with E-state index in [1.807, 2.05) is 0 Å². The summed E-state index contributed by atoms with van der Waals surface area (Å²) in [6.45, 7) is -0.564. The van der Waals surface area contributed by atoms with Gasteiger partial charge in [0.15, 0.2) is 0 Å². The van der Waals surface area contributed by atoms with Crippen LogP contribution in [0.15, 0.2) is 24.3 Å². The fraction of sp³-hybridized carbons (Fsp3) is 0.333. The summed E-state index contributed by atoms with van der Waals surface area (Å²) in [5.74, 6) is -0.697. The second-order valence-electron chi connectivity index (χ2n) is 3.92. The number of rotatable bonds is 4. The number of aliphatic hydroxyl groups is 1. The molecule has 0 aromatic heterocycles. The van der Waals surface area contributed by atoms with Crippen LogP contribution in [0.1, 0.15) is 11.1 Å². The van der Waals surface area contributed by atoms with Gasteiger partial charge in [-0.2, -0.15) is 0 Å². The molecule has 0 aliphatic heterocycles. The molecule has 1 aromatic rings. The van der Waals surface area contributed by atoms with E-state index in [9.17, 15) is 9.59 Å². The maximum Gasteiger partial charge on any atom is 0.440 e. The number of carbonyl (C=O) groups is 2. The molecule has 1 aromatic carbocycles. The van der Waals surface area contributed by atoms with Crippen molar-refractivity contribution in [3.63, 3.8) is 0 Å². The summed E-state index contributed by atoms with van der Waals surface area (Å²) in [5, 5.41) is 8.88. The molecule has 0 saturated carbocycles. The maximum absolute atomic E-state index is 11.5. The van der Waals surface area contributed by atoms with Gasteiger partial charge >= 0.3 is 12.1 Å². The molecule has 0 aliphatic carbocycles. The third-order valence-electron chi connectivity index (χ3n) is 2.17. The van der Waals surface area contributed by atoms with Crippen LogP contribution in [0, 0.1) is 0 Å². The standard InChI is InChI=1S/C12H12Cl3NO5/c13-12(14,15)7-20-11(19)16-21-10(18)5-8-1-3-9(6-17)4-2-8/h1-4,17H,5-7H2,(H,16,19). The van der Waals surface area contributed by atoms with Crippen molar-refractivity contribution in [1.82, 2.24) is 5.48 Å². The Labute approximate surface area is 135 Å². The first-order valence-electron chi connectivity index (χ1n) is 5.68. The van der Waals surface area contributed by atoms with Crippen LogP contribution in [0.5, 0.6) is 0 Å². The lowest BCUT2D eigenvalue weighted by Crippen LogP contribution is -2.30. The lowest BCUT2D eigenvalue weighted by Gasteiger charge is -2.11. The Balaban J connectivity index is 2.31. The highest BCUT2D eigenvalue weighted by molar-refractivity contribution is 6.67. The molecule has 21 heavy (non-hydrogen) atoms. The molecule has 0 fully saturated rings. The second kappa shape index (κ2) is 8.29. The Kier molecular flexibility index (Phi) is 7.04. The minimum Gasteiger partial charge on any atom is -0.443 e. The number of hydrogen-bond donors (Lipinski definition) is 2. The molecule has 0 bridgehead atoms. The van der Waals surface area contributed by atoms with E-state index in [4.69, 9.17) is 39.9 Å². The Morgan fingerprint density at radius 2 is 1.71 bits per heavy atom. The van der Waals surface area contributed by atoms with E-state index >= 15 is 0 Å². The molecule has 1 rings (SSSR count). The normalized spacial score (nSPS) is 10.9. The van der Waals surface area contributed by atoms with Gasteiger partial charge in [-0.3, -0.25) is 0 Å². The summed E-state index contributed by atoms with van der Waals surface area (Å²) in [6, 6.07) is 6.67. The van der Waals surface area contributed by atoms with E-state index in [-0.39, 0.29) is 13.0 Å². The average molecular weight is 357 g/mol. The first kappa shape index (κ1) is 17.8. The highest BCUT2D eigenvalue weighted by Gasteiger charge is 2.22. The van der Waals surface area contributed by atoms with E-state index in [1.165, 1.54) is 0 Å². The van der Waals surface area contributed by atoms with E-state index < -0.39 is 22.5 Å². The van der Waals surface area contributed by atoms with Crippen LogP contribution in [-0.4, -0.2) is 27.6 Å². The van der Waals surface area contributed by atoms with Crippen LogP contribution in [-0.2, 0) is 27.4 Å². The van der Waals surface area contributed by atoms with Gasteiger partial charge in [0.2, 0.25) is 3.79 Å². The third kappa shape index (κ3) is 7.96. The van der Waals surface area contributed by atoms with Gasteiger partial charge < -0.3 is 14.7 Å². The number of carbonyl (C=O) groups excluding carboxylic acids is 2. The monoisotopic (exact) mass is 355 g/mol. The molecular weight excluding hydrogens is 344 g/mol. The van der Waals surface area contributed by atoms with Crippen molar-refractivity contribution in [3.05, 3.63) is 35.4 Å². The van der Waals surface area contributed by atoms with E-state index in [1.54, 1.807) is 29.7 Å². The van der Waals surface area contributed by atoms with Gasteiger partial charge in [0.05, 0.1) is 13.0 Å². The Hall–Kier alpha value is -1.21. The van der Waals surface area contributed by atoms with Gasteiger partial charge in [-0.1, -0.05) is 59.1 Å². The third-order valence-corrected chi connectivity index (χ3v) is 2.50. The average Bonchev–Trinajstić information content (AvgIpc) is 2.43. The van der Waals surface area contributed by atoms with Crippen LogP contribution < -0.4 is 5.48 Å². The second-order valence-corrected chi connectivity index (χ2v) is 6.43. The molecule has 6 nitrogen and oxygen atoms in total. The van der Waals surface area contributed by atoms with Crippen LogP contribution in [0.25, 0.3) is 0 Å². The lowest BCUT2D eigenvalue weighted by atomic mass is 10.1. The number of ether oxygens (including phenoxy) is 1. The van der Waals surface area contributed by atoms with Gasteiger partial charge in [-0.05, 0) is 11.1 Å². The van der Waals surface area contributed by atoms with Crippen molar-refractivity contribution < 1.29 is 24.3 Å². The zero-order chi connectivity index (χ0) is 15.9. The van der Waals surface area contributed by atoms with Crippen LogP contribution >= 0.6 is 34.8 Å². The number of nitrogens with one attached hydrogen (secondary N) is 1. The number of benzene rings is 1. The van der Waals surface area contributed by atoms with Gasteiger partial charge in [0.1, 0.15) is 6.61 Å². The highest BCUT2D eigenvalue weighted by Crippen LogP contribution is 2.25. The zero-order valence-electron chi connectivity index (χ0n) is 10.6. The molecule has 0 heterocycles. The maximum atomic E-state index is 11.5. The molecule has 1 amide bonds. The highest BCUT2D eigenvalue weighted by atomic mass is 35.6. The fourth-order valence-corrected chi connectivity index (χ4v) is 1.40. The first-order chi connectivity index (χ1) is 9.80. The summed E-state index contributed by atoms with van der Waals surface area (Å²) in [4.78, 5) is 27.1. The number of alkyl halides is 3. The lowest BCUT2D eigenvalue weighted by molar-refractivity contribution is -0.148. The first-order valence-corrected chi connectivity index (χ1v) is 6.81. The Morgan fingerprint density at radius 1 is 1.14 bits per heavy atom. The van der Waals surface area contributed by atoms with Crippen molar-refractivity contribution in [2.45, 2.75) is 16.8 Å². The number of hydrogen-bond acceptors (Lipinski definition) is 5. The topological polar surface area (TPSA) is 84.9 Å². The zero-order valence-corrected chi connectivity index (χ0v) is 12.9. The van der Waals surface area contributed by atoms with E-state index in [2.05, 4.69) is 9.57 Å². The molecular formula is C12H12Cl3NO5. The van der Waals surface area contributed by atoms with Crippen molar-refractivity contribution in [1.29, 1.82) is 0 Å². The summed E-state index contributed by atoms with van der Waals surface area (Å²) >= 11 is 16.1. The smallest absolute Gasteiger partial charge is 0.440 e. The summed E-state index contributed by atoms with van der Waals surface area (Å²) in [7, 11) is 0. The van der Waals surface area contributed by atoms with Crippen LogP contribution in [0.2, 0.25) is 0 Å². The molecule has 0 atom stereocenters. The van der Waals surface area contributed by atoms with Gasteiger partial charge in [0.25, 0.3) is 0 Å². The number of hydroxylamine groups is 1. The SMILES string of the molecule is O=C(Cc1ccc(CO)cc1)ONC(=O)OCC(Cl)(Cl)Cl. The largest absolute Gasteiger partial charge is 0.443 e. The molecule has 116 valence electrons. The van der Waals surface area contributed by atoms with Crippen LogP contribution in [0.4, 0.5) is 4.79 Å². The molecule has 0 spiro atoms. The van der Waals surface area contributed by atoms with E-state index in [0.717, 1.165) is 5.56 Å². The van der Waals surface area contributed by atoms with Gasteiger partial charge in [-0.15, -0.1) is 5.48 Å². The summed E-state index contributed by atoms with van der Waals surface area (Å²) in [5.41, 5.74) is 3.15. The van der Waals surface area contributed by atoms with Crippen molar-refractivity contribution in [2.24, 2.45) is 0 Å². The van der Waals surface area contributed by atoms with E-state index in [0.29, 0.717) is 5.56 Å². The van der Waals surface area contributed by atoms with Gasteiger partial charge in [-0.25, -0.2) is 9.59 Å². The van der Waals surface area contributed by atoms with Gasteiger partial charge in [0, 0.05) is 0 Å². The van der Waals surface area contributed by atoms with Crippen LogP contribution in [0.3, 0.4) is 0 Å². The molecule has 0 radical (unpaired) electrons. The number of amides is 1. The number of halogens is 3. The quantitative estimate of drug-likeness (QED) is 0.638.